The molecule has 1 heterocycles. The van der Waals surface area contributed by atoms with Crippen molar-refractivity contribution in [1.29, 1.82) is 0 Å². The SMILES string of the molecule is CCS(=O)(=O)OC1CN(Cc2ccccc2)CCC1(C)O. The highest BCUT2D eigenvalue weighted by Gasteiger charge is 2.40. The molecule has 1 aromatic rings. The molecule has 0 amide bonds. The molecule has 0 saturated carbocycles. The minimum Gasteiger partial charge on any atom is -0.387 e. The lowest BCUT2D eigenvalue weighted by molar-refractivity contribution is -0.0942. The van der Waals surface area contributed by atoms with Crippen molar-refractivity contribution in [2.24, 2.45) is 0 Å². The zero-order valence-electron chi connectivity index (χ0n) is 12.5. The maximum atomic E-state index is 11.7. The average Bonchev–Trinajstić information content (AvgIpc) is 2.44. The van der Waals surface area contributed by atoms with Gasteiger partial charge in [0.2, 0.25) is 0 Å². The molecule has 2 atom stereocenters. The minimum atomic E-state index is -3.57. The van der Waals surface area contributed by atoms with Crippen LogP contribution in [0.15, 0.2) is 30.3 Å². The zero-order chi connectivity index (χ0) is 15.5. The smallest absolute Gasteiger partial charge is 0.267 e. The van der Waals surface area contributed by atoms with Crippen LogP contribution in [0.4, 0.5) is 0 Å². The molecular formula is C15H23NO4S. The van der Waals surface area contributed by atoms with Crippen LogP contribution in [0.3, 0.4) is 0 Å². The largest absolute Gasteiger partial charge is 0.387 e. The average molecular weight is 313 g/mol. The van der Waals surface area contributed by atoms with Crippen molar-refractivity contribution in [3.63, 3.8) is 0 Å². The molecule has 1 saturated heterocycles. The molecule has 0 bridgehead atoms. The summed E-state index contributed by atoms with van der Waals surface area (Å²) in [5.74, 6) is -0.0851. The fourth-order valence-corrected chi connectivity index (χ4v) is 3.19. The lowest BCUT2D eigenvalue weighted by atomic mass is 9.90. The first-order chi connectivity index (χ1) is 9.82. The highest BCUT2D eigenvalue weighted by Crippen LogP contribution is 2.27. The quantitative estimate of drug-likeness (QED) is 0.832. The Morgan fingerprint density at radius 2 is 2.05 bits per heavy atom. The Kier molecular flexibility index (Phi) is 5.03. The zero-order valence-corrected chi connectivity index (χ0v) is 13.3. The van der Waals surface area contributed by atoms with E-state index < -0.39 is 21.8 Å². The molecule has 1 aliphatic rings. The van der Waals surface area contributed by atoms with Crippen LogP contribution in [-0.4, -0.2) is 49.0 Å². The van der Waals surface area contributed by atoms with E-state index in [0.29, 0.717) is 19.5 Å². The van der Waals surface area contributed by atoms with E-state index in [1.54, 1.807) is 6.92 Å². The molecule has 1 aromatic carbocycles. The molecule has 2 rings (SSSR count). The number of piperidine rings is 1. The second-order valence-corrected chi connectivity index (χ2v) is 7.64. The standard InChI is InChI=1S/C15H23NO4S/c1-3-21(18,19)20-14-12-16(10-9-15(14,2)17)11-13-7-5-4-6-8-13/h4-8,14,17H,3,9-12H2,1-2H3. The van der Waals surface area contributed by atoms with Crippen molar-refractivity contribution in [1.82, 2.24) is 4.90 Å². The molecule has 21 heavy (non-hydrogen) atoms. The van der Waals surface area contributed by atoms with Crippen LogP contribution in [-0.2, 0) is 20.8 Å². The molecule has 0 aliphatic carbocycles. The molecule has 1 fully saturated rings. The van der Waals surface area contributed by atoms with Crippen molar-refractivity contribution in [2.75, 3.05) is 18.8 Å². The maximum Gasteiger partial charge on any atom is 0.267 e. The van der Waals surface area contributed by atoms with Crippen LogP contribution in [0.2, 0.25) is 0 Å². The summed E-state index contributed by atoms with van der Waals surface area (Å²) in [6.45, 7) is 5.02. The molecule has 5 nitrogen and oxygen atoms in total. The van der Waals surface area contributed by atoms with Crippen molar-refractivity contribution in [3.05, 3.63) is 35.9 Å². The molecule has 0 spiro atoms. The van der Waals surface area contributed by atoms with Crippen molar-refractivity contribution in [2.45, 2.75) is 38.5 Å². The van der Waals surface area contributed by atoms with Gasteiger partial charge in [0.05, 0.1) is 11.4 Å². The molecule has 1 N–H and O–H groups in total. The lowest BCUT2D eigenvalue weighted by Crippen LogP contribution is -2.55. The van der Waals surface area contributed by atoms with E-state index in [1.807, 2.05) is 30.3 Å². The first kappa shape index (κ1) is 16.4. The van der Waals surface area contributed by atoms with Crippen LogP contribution in [0, 0.1) is 0 Å². The van der Waals surface area contributed by atoms with Crippen LogP contribution < -0.4 is 0 Å². The fourth-order valence-electron chi connectivity index (χ4n) is 2.43. The van der Waals surface area contributed by atoms with Gasteiger partial charge in [-0.3, -0.25) is 9.08 Å². The Morgan fingerprint density at radius 1 is 1.38 bits per heavy atom. The van der Waals surface area contributed by atoms with Gasteiger partial charge in [-0.25, -0.2) is 0 Å². The van der Waals surface area contributed by atoms with E-state index in [1.165, 1.54) is 6.92 Å². The van der Waals surface area contributed by atoms with Gasteiger partial charge in [-0.15, -0.1) is 0 Å². The van der Waals surface area contributed by atoms with Gasteiger partial charge in [0.25, 0.3) is 10.1 Å². The van der Waals surface area contributed by atoms with Gasteiger partial charge < -0.3 is 5.11 Å². The second kappa shape index (κ2) is 6.44. The minimum absolute atomic E-state index is 0.0851. The Bertz CT molecular complexity index is 556. The van der Waals surface area contributed by atoms with Gasteiger partial charge >= 0.3 is 0 Å². The number of aliphatic hydroxyl groups is 1. The van der Waals surface area contributed by atoms with E-state index in [2.05, 4.69) is 4.90 Å². The predicted molar refractivity (Wildman–Crippen MR) is 81.3 cm³/mol. The number of likely N-dealkylation sites (tertiary alicyclic amines) is 1. The van der Waals surface area contributed by atoms with Crippen LogP contribution in [0.5, 0.6) is 0 Å². The summed E-state index contributed by atoms with van der Waals surface area (Å²) >= 11 is 0. The molecule has 0 aromatic heterocycles. The van der Waals surface area contributed by atoms with Crippen molar-refractivity contribution < 1.29 is 17.7 Å². The summed E-state index contributed by atoms with van der Waals surface area (Å²) in [7, 11) is -3.57. The summed E-state index contributed by atoms with van der Waals surface area (Å²) in [5, 5.41) is 10.4. The number of hydrogen-bond acceptors (Lipinski definition) is 5. The number of hydrogen-bond donors (Lipinski definition) is 1. The van der Waals surface area contributed by atoms with Gasteiger partial charge in [0, 0.05) is 19.6 Å². The maximum absolute atomic E-state index is 11.7. The number of benzene rings is 1. The van der Waals surface area contributed by atoms with Crippen LogP contribution >= 0.6 is 0 Å². The monoisotopic (exact) mass is 313 g/mol. The highest BCUT2D eigenvalue weighted by atomic mass is 32.2. The van der Waals surface area contributed by atoms with Gasteiger partial charge in [0.1, 0.15) is 6.10 Å². The molecule has 0 radical (unpaired) electrons. The lowest BCUT2D eigenvalue weighted by Gasteiger charge is -2.41. The first-order valence-corrected chi connectivity index (χ1v) is 8.80. The molecule has 118 valence electrons. The summed E-state index contributed by atoms with van der Waals surface area (Å²) < 4.78 is 28.5. The summed E-state index contributed by atoms with van der Waals surface area (Å²) in [4.78, 5) is 2.11. The predicted octanol–water partition coefficient (Wildman–Crippen LogP) is 1.38. The third-order valence-corrected chi connectivity index (χ3v) is 5.15. The van der Waals surface area contributed by atoms with Crippen molar-refractivity contribution in [3.8, 4) is 0 Å². The Morgan fingerprint density at radius 3 is 2.67 bits per heavy atom. The topological polar surface area (TPSA) is 66.8 Å². The second-order valence-electron chi connectivity index (χ2n) is 5.76. The van der Waals surface area contributed by atoms with Gasteiger partial charge in [0.15, 0.2) is 0 Å². The van der Waals surface area contributed by atoms with Gasteiger partial charge in [-0.2, -0.15) is 8.42 Å². The third-order valence-electron chi connectivity index (χ3n) is 3.92. The summed E-state index contributed by atoms with van der Waals surface area (Å²) in [6, 6.07) is 9.98. The van der Waals surface area contributed by atoms with Gasteiger partial charge in [-0.05, 0) is 25.8 Å². The normalized spacial score (nSPS) is 27.7. The summed E-state index contributed by atoms with van der Waals surface area (Å²) in [5.41, 5.74) is 0.0474. The van der Waals surface area contributed by atoms with Crippen LogP contribution in [0.1, 0.15) is 25.8 Å². The van der Waals surface area contributed by atoms with Crippen LogP contribution in [0.25, 0.3) is 0 Å². The number of nitrogens with zero attached hydrogens (tertiary/aromatic N) is 1. The highest BCUT2D eigenvalue weighted by molar-refractivity contribution is 7.86. The van der Waals surface area contributed by atoms with Gasteiger partial charge in [-0.1, -0.05) is 30.3 Å². The van der Waals surface area contributed by atoms with E-state index in [0.717, 1.165) is 12.1 Å². The fraction of sp³-hybridized carbons (Fsp3) is 0.600. The molecule has 1 aliphatic heterocycles. The van der Waals surface area contributed by atoms with E-state index >= 15 is 0 Å². The Balaban J connectivity index is 2.05. The molecule has 6 heteroatoms. The van der Waals surface area contributed by atoms with Crippen molar-refractivity contribution >= 4 is 10.1 Å². The van der Waals surface area contributed by atoms with E-state index in [-0.39, 0.29) is 5.75 Å². The Labute approximate surface area is 126 Å². The third kappa shape index (κ3) is 4.51. The Hall–Kier alpha value is -0.950. The van der Waals surface area contributed by atoms with E-state index in [9.17, 15) is 13.5 Å². The molecule has 2 unspecified atom stereocenters. The molecular weight excluding hydrogens is 290 g/mol. The van der Waals surface area contributed by atoms with E-state index in [4.69, 9.17) is 4.18 Å². The first-order valence-electron chi connectivity index (χ1n) is 7.22. The summed E-state index contributed by atoms with van der Waals surface area (Å²) in [6.07, 6.45) is -0.232. The number of rotatable bonds is 5.